The Labute approximate surface area is 182 Å². The van der Waals surface area contributed by atoms with Gasteiger partial charge < -0.3 is 9.47 Å². The van der Waals surface area contributed by atoms with Crippen LogP contribution in [0.15, 0.2) is 91.0 Å². The molecule has 3 aromatic carbocycles. The van der Waals surface area contributed by atoms with Gasteiger partial charge in [-0.15, -0.1) is 0 Å². The second-order valence-electron chi connectivity index (χ2n) is 7.56. The topological polar surface area (TPSA) is 62.6 Å². The molecule has 1 heterocycles. The second kappa shape index (κ2) is 9.46. The van der Waals surface area contributed by atoms with Crippen molar-refractivity contribution < 1.29 is 14.3 Å². The van der Waals surface area contributed by atoms with Crippen LogP contribution in [0.2, 0.25) is 0 Å². The van der Waals surface area contributed by atoms with E-state index < -0.39 is 30.4 Å². The van der Waals surface area contributed by atoms with Crippen molar-refractivity contribution in [2.75, 3.05) is 0 Å². The Morgan fingerprint density at radius 1 is 0.935 bits per heavy atom. The smallest absolute Gasteiger partial charge is 0.411 e. The highest BCUT2D eigenvalue weighted by atomic mass is 16.6. The fourth-order valence-corrected chi connectivity index (χ4v) is 3.99. The number of nitrogens with zero attached hydrogens (tertiary/aromatic N) is 2. The maximum Gasteiger partial charge on any atom is 0.411 e. The number of hydrogen-bond donors (Lipinski definition) is 0. The van der Waals surface area contributed by atoms with E-state index in [1.165, 1.54) is 0 Å². The zero-order valence-electron chi connectivity index (χ0n) is 17.3. The molecule has 4 rings (SSSR count). The summed E-state index contributed by atoms with van der Waals surface area (Å²) in [5.41, 5.74) is 2.74. The molecule has 0 saturated carbocycles. The molecule has 1 fully saturated rings. The van der Waals surface area contributed by atoms with Crippen LogP contribution < -0.4 is 0 Å². The minimum atomic E-state index is -0.769. The molecule has 0 spiro atoms. The number of nitriles is 1. The minimum Gasteiger partial charge on any atom is -0.445 e. The zero-order chi connectivity index (χ0) is 21.6. The van der Waals surface area contributed by atoms with Gasteiger partial charge in [0.2, 0.25) is 0 Å². The number of rotatable bonds is 4. The van der Waals surface area contributed by atoms with E-state index in [1.54, 1.807) is 4.90 Å². The van der Waals surface area contributed by atoms with Crippen molar-refractivity contribution in [2.45, 2.75) is 37.8 Å². The number of ether oxygens (including phenoxy) is 2. The van der Waals surface area contributed by atoms with Gasteiger partial charge in [-0.3, -0.25) is 4.90 Å². The van der Waals surface area contributed by atoms with Crippen molar-refractivity contribution in [1.82, 2.24) is 4.90 Å². The standard InChI is InChI=1S/C26H24N2O3/c1-19-23(17-27)31-25(22-15-9-4-10-16-22)24(21-13-7-3-8-14-21)28(19)26(29)30-18-20-11-5-2-6-12-20/h2-16,19,23-25H,18H2,1H3/t19-,23-,24+,25-/m0/s1. The first-order chi connectivity index (χ1) is 15.2. The second-order valence-corrected chi connectivity index (χ2v) is 7.56. The predicted octanol–water partition coefficient (Wildman–Crippen LogP) is 5.42. The molecule has 0 N–H and O–H groups in total. The van der Waals surface area contributed by atoms with Gasteiger partial charge in [-0.25, -0.2) is 4.79 Å². The Balaban J connectivity index is 1.71. The van der Waals surface area contributed by atoms with Crippen LogP contribution in [0.25, 0.3) is 0 Å². The molecule has 1 aliphatic rings. The average molecular weight is 412 g/mol. The Kier molecular flexibility index (Phi) is 6.30. The molecule has 156 valence electrons. The molecule has 5 heteroatoms. The third-order valence-electron chi connectivity index (χ3n) is 5.57. The lowest BCUT2D eigenvalue weighted by Gasteiger charge is -2.46. The van der Waals surface area contributed by atoms with Crippen LogP contribution in [0, 0.1) is 11.3 Å². The molecule has 5 nitrogen and oxygen atoms in total. The lowest BCUT2D eigenvalue weighted by atomic mass is 9.90. The molecule has 31 heavy (non-hydrogen) atoms. The van der Waals surface area contributed by atoms with E-state index in [0.717, 1.165) is 16.7 Å². The van der Waals surface area contributed by atoms with E-state index in [0.29, 0.717) is 0 Å². The Bertz CT molecular complexity index is 1030. The monoisotopic (exact) mass is 412 g/mol. The van der Waals surface area contributed by atoms with Gasteiger partial charge in [-0.2, -0.15) is 5.26 Å². The van der Waals surface area contributed by atoms with Crippen LogP contribution in [0.1, 0.15) is 35.8 Å². The highest BCUT2D eigenvalue weighted by Crippen LogP contribution is 2.43. The van der Waals surface area contributed by atoms with E-state index in [2.05, 4.69) is 6.07 Å². The maximum absolute atomic E-state index is 13.3. The fourth-order valence-electron chi connectivity index (χ4n) is 3.99. The van der Waals surface area contributed by atoms with E-state index in [4.69, 9.17) is 9.47 Å². The summed E-state index contributed by atoms with van der Waals surface area (Å²) < 4.78 is 11.9. The summed E-state index contributed by atoms with van der Waals surface area (Å²) in [6.45, 7) is 1.99. The summed E-state index contributed by atoms with van der Waals surface area (Å²) in [7, 11) is 0. The van der Waals surface area contributed by atoms with Gasteiger partial charge in [0.15, 0.2) is 6.10 Å². The average Bonchev–Trinajstić information content (AvgIpc) is 2.84. The first-order valence-corrected chi connectivity index (χ1v) is 10.3. The van der Waals surface area contributed by atoms with Crippen LogP contribution in [0.4, 0.5) is 4.79 Å². The van der Waals surface area contributed by atoms with Crippen LogP contribution in [0.3, 0.4) is 0 Å². The number of amides is 1. The third-order valence-corrected chi connectivity index (χ3v) is 5.57. The van der Waals surface area contributed by atoms with Crippen molar-refractivity contribution in [1.29, 1.82) is 5.26 Å². The predicted molar refractivity (Wildman–Crippen MR) is 117 cm³/mol. The summed E-state index contributed by atoms with van der Waals surface area (Å²) in [6, 6.07) is 30.3. The SMILES string of the molecule is C[C@H]1[C@H](C#N)O[C@@H](c2ccccc2)[C@@H](c2ccccc2)N1C(=O)OCc1ccccc1. The quantitative estimate of drug-likeness (QED) is 0.574. The summed E-state index contributed by atoms with van der Waals surface area (Å²) >= 11 is 0. The largest absolute Gasteiger partial charge is 0.445 e. The van der Waals surface area contributed by atoms with Gasteiger partial charge in [0.05, 0.1) is 18.2 Å². The van der Waals surface area contributed by atoms with E-state index in [-0.39, 0.29) is 6.61 Å². The number of carbonyl (C=O) groups is 1. The molecule has 3 aromatic rings. The van der Waals surface area contributed by atoms with Crippen molar-refractivity contribution in [3.63, 3.8) is 0 Å². The molecule has 0 bridgehead atoms. The summed E-state index contributed by atoms with van der Waals surface area (Å²) in [5.74, 6) is 0. The highest BCUT2D eigenvalue weighted by molar-refractivity contribution is 5.69. The summed E-state index contributed by atoms with van der Waals surface area (Å²) in [4.78, 5) is 15.0. The van der Waals surface area contributed by atoms with Gasteiger partial charge >= 0.3 is 6.09 Å². The Morgan fingerprint density at radius 2 is 1.48 bits per heavy atom. The van der Waals surface area contributed by atoms with Gasteiger partial charge in [-0.05, 0) is 23.6 Å². The highest BCUT2D eigenvalue weighted by Gasteiger charge is 2.46. The van der Waals surface area contributed by atoms with Crippen LogP contribution in [-0.2, 0) is 16.1 Å². The van der Waals surface area contributed by atoms with Gasteiger partial charge in [0, 0.05) is 0 Å². The summed E-state index contributed by atoms with van der Waals surface area (Å²) in [5, 5.41) is 9.74. The number of carbonyl (C=O) groups excluding carboxylic acids is 1. The van der Waals surface area contributed by atoms with Crippen molar-refractivity contribution in [2.24, 2.45) is 0 Å². The van der Waals surface area contributed by atoms with E-state index in [9.17, 15) is 10.1 Å². The molecule has 1 saturated heterocycles. The van der Waals surface area contributed by atoms with E-state index >= 15 is 0 Å². The Morgan fingerprint density at radius 3 is 2.06 bits per heavy atom. The van der Waals surface area contributed by atoms with Crippen LogP contribution in [-0.4, -0.2) is 23.1 Å². The maximum atomic E-state index is 13.3. The normalized spacial score (nSPS) is 23.0. The van der Waals surface area contributed by atoms with Gasteiger partial charge in [0.1, 0.15) is 12.7 Å². The van der Waals surface area contributed by atoms with Crippen molar-refractivity contribution >= 4 is 6.09 Å². The molecule has 1 amide bonds. The fraction of sp³-hybridized carbons (Fsp3) is 0.231. The first-order valence-electron chi connectivity index (χ1n) is 10.3. The molecular weight excluding hydrogens is 388 g/mol. The Hall–Kier alpha value is -3.62. The minimum absolute atomic E-state index is 0.165. The van der Waals surface area contributed by atoms with E-state index in [1.807, 2.05) is 97.9 Å². The molecule has 1 aliphatic heterocycles. The van der Waals surface area contributed by atoms with Gasteiger partial charge in [0.25, 0.3) is 0 Å². The van der Waals surface area contributed by atoms with Crippen molar-refractivity contribution in [3.8, 4) is 6.07 Å². The van der Waals surface area contributed by atoms with Crippen molar-refractivity contribution in [3.05, 3.63) is 108 Å². The van der Waals surface area contributed by atoms with Crippen LogP contribution in [0.5, 0.6) is 0 Å². The molecule has 0 aromatic heterocycles. The molecule has 0 radical (unpaired) electrons. The number of benzene rings is 3. The third kappa shape index (κ3) is 4.45. The van der Waals surface area contributed by atoms with Gasteiger partial charge in [-0.1, -0.05) is 91.0 Å². The zero-order valence-corrected chi connectivity index (χ0v) is 17.3. The molecular formula is C26H24N2O3. The lowest BCUT2D eigenvalue weighted by Crippen LogP contribution is -2.54. The van der Waals surface area contributed by atoms with Crippen LogP contribution >= 0.6 is 0 Å². The number of morpholine rings is 1. The first kappa shape index (κ1) is 20.6. The molecule has 4 atom stereocenters. The molecule has 0 aliphatic carbocycles. The molecule has 0 unspecified atom stereocenters. The summed E-state index contributed by atoms with van der Waals surface area (Å²) in [6.07, 6.45) is -1.72. The lowest BCUT2D eigenvalue weighted by molar-refractivity contribution is -0.123. The number of hydrogen-bond acceptors (Lipinski definition) is 4.